The molecule has 3 aliphatic rings. The number of amides is 4. The number of nitrogens with zero attached hydrogens (tertiary/aromatic N) is 3. The summed E-state index contributed by atoms with van der Waals surface area (Å²) in [6.45, 7) is 4.13. The minimum absolute atomic E-state index is 0.0276. The molecule has 0 spiro atoms. The van der Waals surface area contributed by atoms with Crippen LogP contribution in [0.3, 0.4) is 0 Å². The molecule has 2 fully saturated rings. The van der Waals surface area contributed by atoms with Crippen molar-refractivity contribution >= 4 is 46.1 Å². The average Bonchev–Trinajstić information content (AvgIpc) is 3.86. The van der Waals surface area contributed by atoms with Crippen LogP contribution in [0.5, 0.6) is 0 Å². The Balaban J connectivity index is 1.20. The van der Waals surface area contributed by atoms with Crippen LogP contribution in [0.1, 0.15) is 53.8 Å². The van der Waals surface area contributed by atoms with E-state index in [2.05, 4.69) is 10.3 Å². The molecule has 11 nitrogen and oxygen atoms in total. The predicted molar refractivity (Wildman–Crippen MR) is 169 cm³/mol. The second kappa shape index (κ2) is 12.0. The number of carbonyl (C=O) groups excluding carboxylic acids is 4. The molecule has 7 rings (SSSR count). The molecule has 1 aromatic carbocycles. The quantitative estimate of drug-likeness (QED) is 0.308. The molecule has 240 valence electrons. The van der Waals surface area contributed by atoms with Gasteiger partial charge in [-0.1, -0.05) is 18.5 Å². The Morgan fingerprint density at radius 3 is 2.50 bits per heavy atom. The lowest BCUT2D eigenvalue weighted by atomic mass is 9.65. The van der Waals surface area contributed by atoms with E-state index in [1.807, 2.05) is 34.9 Å². The molecule has 3 aromatic heterocycles. The van der Waals surface area contributed by atoms with E-state index in [-0.39, 0.29) is 48.8 Å². The maximum absolute atomic E-state index is 14.7. The molecule has 12 heteroatoms. The number of furan rings is 2. The first-order chi connectivity index (χ1) is 22.3. The lowest BCUT2D eigenvalue weighted by molar-refractivity contribution is -0.167. The van der Waals surface area contributed by atoms with Crippen LogP contribution in [-0.2, 0) is 32.9 Å². The molecule has 4 amide bonds. The van der Waals surface area contributed by atoms with E-state index in [0.717, 1.165) is 22.2 Å². The third-order valence-corrected chi connectivity index (χ3v) is 10.2. The number of nitrogens with one attached hydrogen (secondary N) is 2. The lowest BCUT2D eigenvalue weighted by Gasteiger charge is -2.56. The number of aromatic nitrogens is 1. The normalized spacial score (nSPS) is 22.9. The molecule has 3 aliphatic heterocycles. The van der Waals surface area contributed by atoms with Crippen LogP contribution in [0.4, 0.5) is 0 Å². The van der Waals surface area contributed by atoms with Crippen molar-refractivity contribution in [2.75, 3.05) is 32.7 Å². The third kappa shape index (κ3) is 5.06. The van der Waals surface area contributed by atoms with E-state index in [1.165, 1.54) is 6.26 Å². The Morgan fingerprint density at radius 2 is 1.78 bits per heavy atom. The number of rotatable bonds is 7. The largest absolute Gasteiger partial charge is 0.467 e. The number of aromatic amines is 1. The Hall–Kier alpha value is -4.51. The highest BCUT2D eigenvalue weighted by Crippen LogP contribution is 2.52. The van der Waals surface area contributed by atoms with Gasteiger partial charge in [-0.3, -0.25) is 19.2 Å². The van der Waals surface area contributed by atoms with E-state index >= 15 is 0 Å². The number of benzene rings is 1. The second-order valence-corrected chi connectivity index (χ2v) is 12.8. The van der Waals surface area contributed by atoms with Gasteiger partial charge in [0.15, 0.2) is 5.76 Å². The first kappa shape index (κ1) is 30.2. The summed E-state index contributed by atoms with van der Waals surface area (Å²) < 4.78 is 10.6. The minimum Gasteiger partial charge on any atom is -0.467 e. The van der Waals surface area contributed by atoms with Gasteiger partial charge >= 0.3 is 0 Å². The van der Waals surface area contributed by atoms with Crippen molar-refractivity contribution in [3.05, 3.63) is 82.8 Å². The van der Waals surface area contributed by atoms with Gasteiger partial charge in [-0.2, -0.15) is 0 Å². The van der Waals surface area contributed by atoms with Gasteiger partial charge in [0.05, 0.1) is 30.5 Å². The van der Waals surface area contributed by atoms with Crippen LogP contribution >= 0.6 is 11.6 Å². The van der Waals surface area contributed by atoms with Crippen molar-refractivity contribution in [2.45, 2.75) is 44.7 Å². The van der Waals surface area contributed by atoms with Crippen LogP contribution in [0.2, 0.25) is 5.02 Å². The van der Waals surface area contributed by atoms with Gasteiger partial charge in [0.25, 0.3) is 5.91 Å². The van der Waals surface area contributed by atoms with Crippen molar-refractivity contribution in [2.24, 2.45) is 11.8 Å². The summed E-state index contributed by atoms with van der Waals surface area (Å²) in [5, 5.41) is 4.48. The molecule has 0 unspecified atom stereocenters. The zero-order valence-electron chi connectivity index (χ0n) is 25.6. The molecule has 4 aromatic rings. The van der Waals surface area contributed by atoms with Crippen molar-refractivity contribution < 1.29 is 28.0 Å². The van der Waals surface area contributed by atoms with Crippen molar-refractivity contribution in [1.82, 2.24) is 25.0 Å². The Morgan fingerprint density at radius 1 is 1.02 bits per heavy atom. The number of piperazine rings is 1. The standard InChI is InChI=1S/C34H36ClN5O6/c1-2-34-26(32(43)38-11-13-39(14-12-38)33(44)28-6-4-16-46-28)17-21(18-29(41)36-20-23-5-3-15-45-23)31(42)40(34)10-9-24-25-19-22(35)7-8-27(25)37-30(24)34/h3-8,15-16,19,21,26,37H,2,9-14,17-18,20H2,1H3,(H,36,41)/t21-,26-,34+/m1/s1. The molecular weight excluding hydrogens is 610 g/mol. The predicted octanol–water partition coefficient (Wildman–Crippen LogP) is 4.32. The molecule has 6 heterocycles. The number of carbonyl (C=O) groups is 4. The van der Waals surface area contributed by atoms with Crippen molar-refractivity contribution in [3.8, 4) is 0 Å². The van der Waals surface area contributed by atoms with E-state index in [9.17, 15) is 19.2 Å². The molecule has 0 aliphatic carbocycles. The SMILES string of the molecule is CC[C@]12c3[nH]c4ccc(Cl)cc4c3CCN1C(=O)[C@@H](CC(=O)NCc1ccco1)C[C@@H]2C(=O)N1CCN(C(=O)c2ccco2)CC1. The van der Waals surface area contributed by atoms with Crippen LogP contribution in [0.15, 0.2) is 63.8 Å². The fraction of sp³-hybridized carbons (Fsp3) is 0.412. The molecule has 0 bridgehead atoms. The van der Waals surface area contributed by atoms with Gasteiger partial charge in [0.2, 0.25) is 17.7 Å². The number of halogens is 1. The molecule has 3 atom stereocenters. The number of piperidine rings is 1. The van der Waals surface area contributed by atoms with E-state index in [0.29, 0.717) is 56.3 Å². The van der Waals surface area contributed by atoms with Crippen molar-refractivity contribution in [1.29, 1.82) is 0 Å². The van der Waals surface area contributed by atoms with Gasteiger partial charge in [0.1, 0.15) is 5.76 Å². The molecule has 2 saturated heterocycles. The van der Waals surface area contributed by atoms with Gasteiger partial charge in [0, 0.05) is 66.7 Å². The zero-order valence-corrected chi connectivity index (χ0v) is 26.3. The lowest BCUT2D eigenvalue weighted by Crippen LogP contribution is -2.66. The van der Waals surface area contributed by atoms with Crippen LogP contribution in [0.25, 0.3) is 10.9 Å². The molecule has 0 saturated carbocycles. The highest BCUT2D eigenvalue weighted by atomic mass is 35.5. The summed E-state index contributed by atoms with van der Waals surface area (Å²) >= 11 is 6.40. The maximum Gasteiger partial charge on any atom is 0.289 e. The highest BCUT2D eigenvalue weighted by Gasteiger charge is 2.59. The molecule has 46 heavy (non-hydrogen) atoms. The van der Waals surface area contributed by atoms with E-state index < -0.39 is 17.4 Å². The topological polar surface area (TPSA) is 132 Å². The number of H-pyrrole nitrogens is 1. The van der Waals surface area contributed by atoms with Gasteiger partial charge < -0.3 is 33.8 Å². The second-order valence-electron chi connectivity index (χ2n) is 12.3. The monoisotopic (exact) mass is 645 g/mol. The molecular formula is C34H36ClN5O6. The van der Waals surface area contributed by atoms with Gasteiger partial charge in [-0.25, -0.2) is 0 Å². The summed E-state index contributed by atoms with van der Waals surface area (Å²) in [6.07, 6.45) is 4.34. The zero-order chi connectivity index (χ0) is 32.0. The van der Waals surface area contributed by atoms with Crippen LogP contribution in [0, 0.1) is 11.8 Å². The van der Waals surface area contributed by atoms with E-state index in [4.69, 9.17) is 20.4 Å². The highest BCUT2D eigenvalue weighted by molar-refractivity contribution is 6.31. The Kier molecular flexibility index (Phi) is 7.88. The van der Waals surface area contributed by atoms with Gasteiger partial charge in [-0.15, -0.1) is 0 Å². The fourth-order valence-electron chi connectivity index (χ4n) is 7.77. The number of hydrogen-bond donors (Lipinski definition) is 2. The molecule has 0 radical (unpaired) electrons. The van der Waals surface area contributed by atoms with Crippen LogP contribution in [-0.4, -0.2) is 76.0 Å². The summed E-state index contributed by atoms with van der Waals surface area (Å²) in [4.78, 5) is 63.9. The fourth-order valence-corrected chi connectivity index (χ4v) is 7.94. The first-order valence-corrected chi connectivity index (χ1v) is 16.2. The Labute approximate surface area is 270 Å². The number of hydrogen-bond acceptors (Lipinski definition) is 6. The maximum atomic E-state index is 14.7. The Bertz CT molecular complexity index is 1770. The summed E-state index contributed by atoms with van der Waals surface area (Å²) in [7, 11) is 0. The van der Waals surface area contributed by atoms with Crippen molar-refractivity contribution in [3.63, 3.8) is 0 Å². The average molecular weight is 646 g/mol. The molecule has 2 N–H and O–H groups in total. The summed E-state index contributed by atoms with van der Waals surface area (Å²) in [5.74, 6) is -1.04. The smallest absolute Gasteiger partial charge is 0.289 e. The van der Waals surface area contributed by atoms with Crippen LogP contribution < -0.4 is 5.32 Å². The summed E-state index contributed by atoms with van der Waals surface area (Å²) in [6, 6.07) is 12.5. The third-order valence-electron chi connectivity index (χ3n) is 10.00. The first-order valence-electron chi connectivity index (χ1n) is 15.8. The number of fused-ring (bicyclic) bond motifs is 5. The van der Waals surface area contributed by atoms with E-state index in [1.54, 1.807) is 35.4 Å². The summed E-state index contributed by atoms with van der Waals surface area (Å²) in [5.41, 5.74) is 1.93. The minimum atomic E-state index is -0.921. The van der Waals surface area contributed by atoms with Gasteiger partial charge in [-0.05, 0) is 67.3 Å².